The molecule has 0 bridgehead atoms. The first kappa shape index (κ1) is 13.4. The number of nitrogens with one attached hydrogen (secondary N) is 2. The van der Waals surface area contributed by atoms with Gasteiger partial charge in [0.1, 0.15) is 11.6 Å². The Labute approximate surface area is 107 Å². The Morgan fingerprint density at radius 1 is 1.22 bits per heavy atom. The van der Waals surface area contributed by atoms with E-state index < -0.39 is 0 Å². The zero-order valence-corrected chi connectivity index (χ0v) is 10.7. The maximum absolute atomic E-state index is 13.4. The predicted molar refractivity (Wildman–Crippen MR) is 68.3 cm³/mol. The van der Waals surface area contributed by atoms with Gasteiger partial charge in [-0.05, 0) is 43.5 Å². The van der Waals surface area contributed by atoms with E-state index in [9.17, 15) is 8.78 Å². The lowest BCUT2D eigenvalue weighted by atomic mass is 9.68. The molecule has 0 spiro atoms. The third-order valence-corrected chi connectivity index (χ3v) is 3.79. The van der Waals surface area contributed by atoms with Crippen LogP contribution in [-0.2, 0) is 6.54 Å². The van der Waals surface area contributed by atoms with Crippen molar-refractivity contribution in [2.75, 3.05) is 20.1 Å². The summed E-state index contributed by atoms with van der Waals surface area (Å²) in [5.74, 6) is -0.734. The Morgan fingerprint density at radius 3 is 2.61 bits per heavy atom. The van der Waals surface area contributed by atoms with Gasteiger partial charge in [-0.15, -0.1) is 0 Å². The number of hydrogen-bond acceptors (Lipinski definition) is 2. The fourth-order valence-electron chi connectivity index (χ4n) is 2.61. The molecule has 0 unspecified atom stereocenters. The van der Waals surface area contributed by atoms with E-state index in [2.05, 4.69) is 10.6 Å². The molecule has 1 aliphatic rings. The standard InChI is InChI=1S/C14H20F2N2/c1-17-9-14(5-2-6-14)10-18-8-11-7-12(15)3-4-13(11)16/h3-4,7,17-18H,2,5-6,8-10H2,1H3. The van der Waals surface area contributed by atoms with Crippen molar-refractivity contribution >= 4 is 0 Å². The molecular formula is C14H20F2N2. The Hall–Kier alpha value is -1.00. The van der Waals surface area contributed by atoms with Crippen LogP contribution in [0.3, 0.4) is 0 Å². The molecule has 1 aromatic rings. The summed E-state index contributed by atoms with van der Waals surface area (Å²) < 4.78 is 26.4. The topological polar surface area (TPSA) is 24.1 Å². The Balaban J connectivity index is 1.86. The zero-order chi connectivity index (χ0) is 13.0. The third kappa shape index (κ3) is 3.06. The van der Waals surface area contributed by atoms with Crippen molar-refractivity contribution in [3.8, 4) is 0 Å². The average molecular weight is 254 g/mol. The van der Waals surface area contributed by atoms with Gasteiger partial charge >= 0.3 is 0 Å². The first-order valence-electron chi connectivity index (χ1n) is 6.44. The molecule has 0 saturated heterocycles. The van der Waals surface area contributed by atoms with Crippen LogP contribution in [0.2, 0.25) is 0 Å². The highest BCUT2D eigenvalue weighted by Crippen LogP contribution is 2.39. The second-order valence-electron chi connectivity index (χ2n) is 5.22. The molecule has 1 aromatic carbocycles. The first-order valence-corrected chi connectivity index (χ1v) is 6.44. The van der Waals surface area contributed by atoms with Crippen LogP contribution in [0.25, 0.3) is 0 Å². The van der Waals surface area contributed by atoms with Crippen molar-refractivity contribution in [3.05, 3.63) is 35.4 Å². The quantitative estimate of drug-likeness (QED) is 0.815. The van der Waals surface area contributed by atoms with Crippen LogP contribution in [0, 0.1) is 17.0 Å². The highest BCUT2D eigenvalue weighted by Gasteiger charge is 2.35. The molecule has 0 atom stereocenters. The lowest BCUT2D eigenvalue weighted by Crippen LogP contribution is -2.46. The van der Waals surface area contributed by atoms with Gasteiger partial charge in [0.25, 0.3) is 0 Å². The van der Waals surface area contributed by atoms with Crippen molar-refractivity contribution in [2.45, 2.75) is 25.8 Å². The van der Waals surface area contributed by atoms with Crippen LogP contribution >= 0.6 is 0 Å². The van der Waals surface area contributed by atoms with Crippen molar-refractivity contribution in [2.24, 2.45) is 5.41 Å². The molecule has 1 fully saturated rings. The monoisotopic (exact) mass is 254 g/mol. The molecule has 4 heteroatoms. The van der Waals surface area contributed by atoms with Crippen LogP contribution in [0.1, 0.15) is 24.8 Å². The van der Waals surface area contributed by atoms with Crippen LogP contribution in [0.5, 0.6) is 0 Å². The molecule has 18 heavy (non-hydrogen) atoms. The maximum Gasteiger partial charge on any atom is 0.127 e. The SMILES string of the molecule is CNCC1(CNCc2cc(F)ccc2F)CCC1. The van der Waals surface area contributed by atoms with Gasteiger partial charge in [0.05, 0.1) is 0 Å². The van der Waals surface area contributed by atoms with E-state index in [1.807, 2.05) is 7.05 Å². The summed E-state index contributed by atoms with van der Waals surface area (Å²) >= 11 is 0. The van der Waals surface area contributed by atoms with Crippen molar-refractivity contribution < 1.29 is 8.78 Å². The molecule has 0 aromatic heterocycles. The fraction of sp³-hybridized carbons (Fsp3) is 0.571. The minimum Gasteiger partial charge on any atom is -0.319 e. The molecule has 2 N–H and O–H groups in total. The molecule has 1 aliphatic carbocycles. The molecule has 0 amide bonds. The van der Waals surface area contributed by atoms with Gasteiger partial charge in [-0.1, -0.05) is 6.42 Å². The average Bonchev–Trinajstić information content (AvgIpc) is 2.30. The molecule has 100 valence electrons. The van der Waals surface area contributed by atoms with E-state index in [1.165, 1.54) is 31.4 Å². The van der Waals surface area contributed by atoms with Gasteiger partial charge < -0.3 is 10.6 Å². The van der Waals surface area contributed by atoms with Gasteiger partial charge in [-0.2, -0.15) is 0 Å². The van der Waals surface area contributed by atoms with Gasteiger partial charge in [0.15, 0.2) is 0 Å². The van der Waals surface area contributed by atoms with E-state index in [4.69, 9.17) is 0 Å². The zero-order valence-electron chi connectivity index (χ0n) is 10.7. The Morgan fingerprint density at radius 2 is 2.00 bits per heavy atom. The minimum absolute atomic E-state index is 0.304. The Bertz CT molecular complexity index is 403. The van der Waals surface area contributed by atoms with Crippen molar-refractivity contribution in [1.82, 2.24) is 10.6 Å². The van der Waals surface area contributed by atoms with E-state index >= 15 is 0 Å². The summed E-state index contributed by atoms with van der Waals surface area (Å²) in [6, 6.07) is 3.58. The second kappa shape index (κ2) is 5.76. The third-order valence-electron chi connectivity index (χ3n) is 3.79. The molecule has 0 heterocycles. The number of halogens is 2. The molecule has 0 aliphatic heterocycles. The van der Waals surface area contributed by atoms with Gasteiger partial charge in [-0.3, -0.25) is 0 Å². The van der Waals surface area contributed by atoms with E-state index in [0.717, 1.165) is 19.2 Å². The Kier molecular flexibility index (Phi) is 4.30. The summed E-state index contributed by atoms with van der Waals surface area (Å²) in [5.41, 5.74) is 0.701. The van der Waals surface area contributed by atoms with Crippen LogP contribution < -0.4 is 10.6 Å². The molecule has 2 rings (SSSR count). The lowest BCUT2D eigenvalue weighted by molar-refractivity contribution is 0.130. The van der Waals surface area contributed by atoms with Crippen LogP contribution in [0.4, 0.5) is 8.78 Å². The highest BCUT2D eigenvalue weighted by molar-refractivity contribution is 5.18. The summed E-state index contributed by atoms with van der Waals surface area (Å²) in [4.78, 5) is 0. The van der Waals surface area contributed by atoms with Gasteiger partial charge in [0, 0.05) is 25.2 Å². The van der Waals surface area contributed by atoms with Gasteiger partial charge in [0.2, 0.25) is 0 Å². The van der Waals surface area contributed by atoms with Crippen molar-refractivity contribution in [1.29, 1.82) is 0 Å². The van der Waals surface area contributed by atoms with E-state index in [-0.39, 0.29) is 11.6 Å². The largest absolute Gasteiger partial charge is 0.319 e. The molecule has 2 nitrogen and oxygen atoms in total. The highest BCUT2D eigenvalue weighted by atomic mass is 19.1. The predicted octanol–water partition coefficient (Wildman–Crippen LogP) is 2.44. The van der Waals surface area contributed by atoms with E-state index in [0.29, 0.717) is 17.5 Å². The smallest absolute Gasteiger partial charge is 0.127 e. The van der Waals surface area contributed by atoms with Crippen LogP contribution in [0.15, 0.2) is 18.2 Å². The number of hydrogen-bond donors (Lipinski definition) is 2. The summed E-state index contributed by atoms with van der Waals surface area (Å²) in [7, 11) is 1.95. The van der Waals surface area contributed by atoms with E-state index in [1.54, 1.807) is 0 Å². The lowest BCUT2D eigenvalue weighted by Gasteiger charge is -2.42. The fourth-order valence-corrected chi connectivity index (χ4v) is 2.61. The van der Waals surface area contributed by atoms with Gasteiger partial charge in [-0.25, -0.2) is 8.78 Å². The second-order valence-corrected chi connectivity index (χ2v) is 5.22. The van der Waals surface area contributed by atoms with Crippen LogP contribution in [-0.4, -0.2) is 20.1 Å². The summed E-state index contributed by atoms with van der Waals surface area (Å²) in [6.45, 7) is 2.21. The summed E-state index contributed by atoms with van der Waals surface area (Å²) in [6.07, 6.45) is 3.66. The minimum atomic E-state index is -0.387. The molecular weight excluding hydrogens is 234 g/mol. The molecule has 1 saturated carbocycles. The summed E-state index contributed by atoms with van der Waals surface area (Å²) in [5, 5.41) is 6.46. The molecule has 0 radical (unpaired) electrons. The maximum atomic E-state index is 13.4. The van der Waals surface area contributed by atoms with Crippen molar-refractivity contribution in [3.63, 3.8) is 0 Å². The number of rotatable bonds is 6. The normalized spacial score (nSPS) is 17.5. The number of benzene rings is 1. The first-order chi connectivity index (χ1) is 8.65.